The molecule has 0 radical (unpaired) electrons. The maximum absolute atomic E-state index is 11.9. The highest BCUT2D eigenvalue weighted by Crippen LogP contribution is 2.13. The highest BCUT2D eigenvalue weighted by atomic mass is 16.5. The van der Waals surface area contributed by atoms with Crippen molar-refractivity contribution in [1.82, 2.24) is 15.5 Å². The second kappa shape index (κ2) is 9.19. The summed E-state index contributed by atoms with van der Waals surface area (Å²) in [7, 11) is 1.99. The number of hydrogen-bond acceptors (Lipinski definition) is 4. The number of amides is 1. The van der Waals surface area contributed by atoms with Crippen LogP contribution in [0, 0.1) is 5.92 Å². The van der Waals surface area contributed by atoms with Gasteiger partial charge in [0.2, 0.25) is 5.91 Å². The zero-order valence-corrected chi connectivity index (χ0v) is 13.9. The molecule has 1 amide bonds. The molecule has 1 fully saturated rings. The quantitative estimate of drug-likeness (QED) is 0.574. The molecule has 1 unspecified atom stereocenters. The lowest BCUT2D eigenvalue weighted by Crippen LogP contribution is -2.42. The van der Waals surface area contributed by atoms with Gasteiger partial charge in [-0.1, -0.05) is 0 Å². The summed E-state index contributed by atoms with van der Waals surface area (Å²) in [6, 6.07) is 3.62. The van der Waals surface area contributed by atoms with E-state index in [2.05, 4.69) is 20.5 Å². The molecule has 1 saturated heterocycles. The van der Waals surface area contributed by atoms with Gasteiger partial charge in [-0.15, -0.1) is 0 Å². The maximum atomic E-state index is 11.9. The van der Waals surface area contributed by atoms with E-state index >= 15 is 0 Å². The van der Waals surface area contributed by atoms with Crippen molar-refractivity contribution in [3.8, 4) is 0 Å². The van der Waals surface area contributed by atoms with Crippen LogP contribution in [0.1, 0.15) is 19.1 Å². The van der Waals surface area contributed by atoms with Crippen molar-refractivity contribution in [2.75, 3.05) is 39.9 Å². The number of nitrogens with one attached hydrogen (secondary N) is 2. The van der Waals surface area contributed by atoms with Crippen LogP contribution in [0.3, 0.4) is 0 Å². The van der Waals surface area contributed by atoms with E-state index in [1.54, 1.807) is 12.3 Å². The highest BCUT2D eigenvalue weighted by Gasteiger charge is 2.19. The second-order valence-corrected chi connectivity index (χ2v) is 5.64. The molecule has 2 heterocycles. The first kappa shape index (κ1) is 17.3. The molecule has 0 aliphatic carbocycles. The molecule has 0 spiro atoms. The van der Waals surface area contributed by atoms with Crippen molar-refractivity contribution in [3.05, 3.63) is 24.2 Å². The maximum Gasteiger partial charge on any atom is 0.242 e. The molecule has 2 N–H and O–H groups in total. The molecule has 1 aliphatic rings. The van der Waals surface area contributed by atoms with Crippen LogP contribution < -0.4 is 10.6 Å². The van der Waals surface area contributed by atoms with Crippen molar-refractivity contribution in [2.45, 2.75) is 19.9 Å². The van der Waals surface area contributed by atoms with E-state index in [1.807, 2.05) is 20.0 Å². The lowest BCUT2D eigenvalue weighted by atomic mass is 10.1. The molecule has 7 heteroatoms. The van der Waals surface area contributed by atoms with E-state index in [0.29, 0.717) is 12.5 Å². The number of carbonyl (C=O) groups excluding carboxylic acids is 1. The van der Waals surface area contributed by atoms with Crippen molar-refractivity contribution < 1.29 is 13.9 Å². The first-order valence-corrected chi connectivity index (χ1v) is 8.05. The minimum Gasteiger partial charge on any atom is -0.467 e. The van der Waals surface area contributed by atoms with Crippen LogP contribution in [0.4, 0.5) is 0 Å². The Kier molecular flexibility index (Phi) is 6.93. The average Bonchev–Trinajstić information content (AvgIpc) is 3.22. The number of aliphatic imine (C=N–C) groups is 1. The summed E-state index contributed by atoms with van der Waals surface area (Å²) in [5.74, 6) is 1.87. The molecule has 1 aliphatic heterocycles. The molecular formula is C16H26N4O3. The van der Waals surface area contributed by atoms with E-state index in [1.165, 1.54) is 0 Å². The van der Waals surface area contributed by atoms with E-state index < -0.39 is 0 Å². The van der Waals surface area contributed by atoms with E-state index in [-0.39, 0.29) is 12.5 Å². The van der Waals surface area contributed by atoms with Gasteiger partial charge < -0.3 is 24.7 Å². The number of nitrogens with zero attached hydrogens (tertiary/aromatic N) is 2. The standard InChI is InChI=1S/C16H26N4O3/c1-3-17-16(20(2)11-13-6-8-22-12-13)19-10-15(21)18-9-14-5-4-7-23-14/h4-5,7,13H,3,6,8-12H2,1-2H3,(H,17,19)(H,18,21). The normalized spacial score (nSPS) is 18.0. The zero-order chi connectivity index (χ0) is 16.5. The monoisotopic (exact) mass is 322 g/mol. The average molecular weight is 322 g/mol. The van der Waals surface area contributed by atoms with Gasteiger partial charge in [-0.25, -0.2) is 4.99 Å². The van der Waals surface area contributed by atoms with Gasteiger partial charge in [-0.05, 0) is 25.5 Å². The first-order valence-electron chi connectivity index (χ1n) is 8.05. The fourth-order valence-electron chi connectivity index (χ4n) is 2.47. The minimum absolute atomic E-state index is 0.0918. The SMILES string of the molecule is CCNC(=NCC(=O)NCc1ccco1)N(C)CC1CCOC1. The number of rotatable bonds is 7. The molecule has 1 atom stereocenters. The Morgan fingerprint density at radius 2 is 2.35 bits per heavy atom. The Morgan fingerprint density at radius 1 is 1.48 bits per heavy atom. The van der Waals surface area contributed by atoms with Crippen molar-refractivity contribution in [2.24, 2.45) is 10.9 Å². The van der Waals surface area contributed by atoms with Crippen molar-refractivity contribution in [1.29, 1.82) is 0 Å². The molecule has 1 aromatic heterocycles. The van der Waals surface area contributed by atoms with Gasteiger partial charge in [0.25, 0.3) is 0 Å². The zero-order valence-electron chi connectivity index (χ0n) is 13.9. The van der Waals surface area contributed by atoms with Gasteiger partial charge in [-0.3, -0.25) is 4.79 Å². The fraction of sp³-hybridized carbons (Fsp3) is 0.625. The van der Waals surface area contributed by atoms with Crippen molar-refractivity contribution in [3.63, 3.8) is 0 Å². The number of carbonyl (C=O) groups is 1. The molecule has 0 saturated carbocycles. The van der Waals surface area contributed by atoms with Gasteiger partial charge in [-0.2, -0.15) is 0 Å². The number of furan rings is 1. The summed E-state index contributed by atoms with van der Waals surface area (Å²) in [6.07, 6.45) is 2.66. The van der Waals surface area contributed by atoms with Crippen LogP contribution in [0.15, 0.2) is 27.8 Å². The Hall–Kier alpha value is -2.02. The molecule has 0 aromatic carbocycles. The summed E-state index contributed by atoms with van der Waals surface area (Å²) < 4.78 is 10.6. The summed E-state index contributed by atoms with van der Waals surface area (Å²) in [5, 5.41) is 6.01. The Labute approximate surface area is 137 Å². The van der Waals surface area contributed by atoms with Crippen LogP contribution in [0.2, 0.25) is 0 Å². The molecule has 128 valence electrons. The third kappa shape index (κ3) is 5.94. The number of guanidine groups is 1. The lowest BCUT2D eigenvalue weighted by molar-refractivity contribution is -0.119. The van der Waals surface area contributed by atoms with Crippen LogP contribution in [-0.4, -0.2) is 56.7 Å². The first-order chi connectivity index (χ1) is 11.2. The molecule has 7 nitrogen and oxygen atoms in total. The Bertz CT molecular complexity index is 495. The summed E-state index contributed by atoms with van der Waals surface area (Å²) in [4.78, 5) is 18.3. The number of hydrogen-bond donors (Lipinski definition) is 2. The van der Waals surface area contributed by atoms with E-state index in [9.17, 15) is 4.79 Å². The molecule has 1 aromatic rings. The van der Waals surface area contributed by atoms with Crippen LogP contribution in [-0.2, 0) is 16.1 Å². The largest absolute Gasteiger partial charge is 0.467 e. The molecule has 23 heavy (non-hydrogen) atoms. The summed E-state index contributed by atoms with van der Waals surface area (Å²) >= 11 is 0. The highest BCUT2D eigenvalue weighted by molar-refractivity contribution is 5.84. The third-order valence-electron chi connectivity index (χ3n) is 3.66. The Morgan fingerprint density at radius 3 is 3.00 bits per heavy atom. The van der Waals surface area contributed by atoms with Crippen LogP contribution >= 0.6 is 0 Å². The van der Waals surface area contributed by atoms with Crippen LogP contribution in [0.25, 0.3) is 0 Å². The second-order valence-electron chi connectivity index (χ2n) is 5.64. The fourth-order valence-corrected chi connectivity index (χ4v) is 2.47. The van der Waals surface area contributed by atoms with Gasteiger partial charge in [0, 0.05) is 32.7 Å². The van der Waals surface area contributed by atoms with Gasteiger partial charge in [0.1, 0.15) is 12.3 Å². The van der Waals surface area contributed by atoms with E-state index in [0.717, 1.165) is 44.4 Å². The summed E-state index contributed by atoms with van der Waals surface area (Å²) in [5.41, 5.74) is 0. The Balaban J connectivity index is 1.80. The molecule has 0 bridgehead atoms. The molecular weight excluding hydrogens is 296 g/mol. The lowest BCUT2D eigenvalue weighted by Gasteiger charge is -2.24. The van der Waals surface area contributed by atoms with Crippen molar-refractivity contribution >= 4 is 11.9 Å². The predicted molar refractivity (Wildman–Crippen MR) is 88.1 cm³/mol. The van der Waals surface area contributed by atoms with Crippen LogP contribution in [0.5, 0.6) is 0 Å². The van der Waals surface area contributed by atoms with Gasteiger partial charge in [0.15, 0.2) is 5.96 Å². The van der Waals surface area contributed by atoms with Gasteiger partial charge in [0.05, 0.1) is 19.4 Å². The smallest absolute Gasteiger partial charge is 0.242 e. The predicted octanol–water partition coefficient (Wildman–Crippen LogP) is 0.830. The summed E-state index contributed by atoms with van der Waals surface area (Å²) in [6.45, 7) is 5.76. The van der Waals surface area contributed by atoms with E-state index in [4.69, 9.17) is 9.15 Å². The third-order valence-corrected chi connectivity index (χ3v) is 3.66. The minimum atomic E-state index is -0.130. The van der Waals surface area contributed by atoms with Gasteiger partial charge >= 0.3 is 0 Å². The molecule has 2 rings (SSSR count). The number of ether oxygens (including phenoxy) is 1. The topological polar surface area (TPSA) is 79.1 Å².